The summed E-state index contributed by atoms with van der Waals surface area (Å²) in [5, 5.41) is 3.20. The summed E-state index contributed by atoms with van der Waals surface area (Å²) in [6.07, 6.45) is 5.40. The number of amides is 2. The summed E-state index contributed by atoms with van der Waals surface area (Å²) in [4.78, 5) is 29.8. The highest BCUT2D eigenvalue weighted by atomic mass is 32.2. The maximum Gasteiger partial charge on any atom is 0.244 e. The number of anilines is 1. The smallest absolute Gasteiger partial charge is 0.244 e. The Hall–Kier alpha value is -3.65. The monoisotopic (exact) mass is 589 g/mol. The van der Waals surface area contributed by atoms with Crippen LogP contribution in [0.2, 0.25) is 0 Å². The molecule has 0 aliphatic heterocycles. The number of nitrogens with zero attached hydrogens (tertiary/aromatic N) is 2. The minimum Gasteiger partial charge on any atom is -0.352 e. The molecule has 0 bridgehead atoms. The Balaban J connectivity index is 1.72. The van der Waals surface area contributed by atoms with Crippen LogP contribution in [0.3, 0.4) is 0 Å². The van der Waals surface area contributed by atoms with Gasteiger partial charge in [-0.15, -0.1) is 0 Å². The minimum atomic E-state index is -3.80. The van der Waals surface area contributed by atoms with Gasteiger partial charge in [0.15, 0.2) is 0 Å². The largest absolute Gasteiger partial charge is 0.352 e. The van der Waals surface area contributed by atoms with Crippen molar-refractivity contribution < 1.29 is 18.0 Å². The van der Waals surface area contributed by atoms with Crippen LogP contribution < -0.4 is 9.62 Å². The van der Waals surface area contributed by atoms with Gasteiger partial charge in [-0.05, 0) is 60.1 Å². The van der Waals surface area contributed by atoms with Crippen LogP contribution in [-0.4, -0.2) is 50.0 Å². The van der Waals surface area contributed by atoms with Crippen molar-refractivity contribution in [3.05, 3.63) is 101 Å². The van der Waals surface area contributed by atoms with Crippen molar-refractivity contribution >= 4 is 27.5 Å². The third-order valence-corrected chi connectivity index (χ3v) is 9.24. The molecule has 0 aromatic heterocycles. The molecule has 1 saturated carbocycles. The van der Waals surface area contributed by atoms with Gasteiger partial charge in [0, 0.05) is 19.0 Å². The summed E-state index contributed by atoms with van der Waals surface area (Å²) in [5.74, 6) is -0.354. The standard InChI is InChI=1S/C34H43N3O4S/c1-25(2)28-18-20-31(21-19-28)37(42(4,40)41)24-33(38)36(23-29-15-9-8-12-26(29)3)32(22-27-13-6-5-7-14-27)34(39)35-30-16-10-11-17-30/h5-9,12-15,18-21,25,30,32H,10-11,16-17,22-24H2,1-4H3,(H,35,39)/t32-/m0/s1. The number of sulfonamides is 1. The summed E-state index contributed by atoms with van der Waals surface area (Å²) in [7, 11) is -3.80. The van der Waals surface area contributed by atoms with Gasteiger partial charge in [-0.25, -0.2) is 8.42 Å². The fourth-order valence-corrected chi connectivity index (χ4v) is 6.38. The number of carbonyl (C=O) groups excluding carboxylic acids is 2. The van der Waals surface area contributed by atoms with Crippen LogP contribution in [0.25, 0.3) is 0 Å². The molecule has 1 fully saturated rings. The van der Waals surface area contributed by atoms with Gasteiger partial charge in [0.25, 0.3) is 0 Å². The first-order valence-electron chi connectivity index (χ1n) is 14.8. The van der Waals surface area contributed by atoms with Gasteiger partial charge in [0.05, 0.1) is 11.9 Å². The van der Waals surface area contributed by atoms with Crippen LogP contribution in [0.15, 0.2) is 78.9 Å². The number of benzene rings is 3. The molecule has 3 aromatic rings. The molecular weight excluding hydrogens is 546 g/mol. The van der Waals surface area contributed by atoms with Crippen LogP contribution in [-0.2, 0) is 32.6 Å². The number of rotatable bonds is 12. The zero-order valence-corrected chi connectivity index (χ0v) is 25.9. The highest BCUT2D eigenvalue weighted by Gasteiger charge is 2.34. The molecule has 1 aliphatic carbocycles. The molecule has 1 atom stereocenters. The Morgan fingerprint density at radius 1 is 0.905 bits per heavy atom. The molecule has 1 aliphatic rings. The summed E-state index contributed by atoms with van der Waals surface area (Å²) < 4.78 is 27.2. The van der Waals surface area contributed by atoms with E-state index >= 15 is 0 Å². The van der Waals surface area contributed by atoms with E-state index in [9.17, 15) is 18.0 Å². The molecule has 7 nitrogen and oxygen atoms in total. The number of nitrogens with one attached hydrogen (secondary N) is 1. The third-order valence-electron chi connectivity index (χ3n) is 8.10. The summed E-state index contributed by atoms with van der Waals surface area (Å²) in [6, 6.07) is 23.9. The SMILES string of the molecule is Cc1ccccc1CN(C(=O)CN(c1ccc(C(C)C)cc1)S(C)(=O)=O)[C@@H](Cc1ccccc1)C(=O)NC1CCCC1. The van der Waals surface area contributed by atoms with Gasteiger partial charge in [-0.3, -0.25) is 13.9 Å². The summed E-state index contributed by atoms with van der Waals surface area (Å²) in [5.41, 5.74) is 4.32. The lowest BCUT2D eigenvalue weighted by Crippen LogP contribution is -2.54. The summed E-state index contributed by atoms with van der Waals surface area (Å²) >= 11 is 0. The van der Waals surface area contributed by atoms with E-state index in [1.807, 2.05) is 73.7 Å². The van der Waals surface area contributed by atoms with Crippen molar-refractivity contribution in [1.29, 1.82) is 0 Å². The number of aryl methyl sites for hydroxylation is 1. The minimum absolute atomic E-state index is 0.0816. The van der Waals surface area contributed by atoms with Crippen molar-refractivity contribution in [1.82, 2.24) is 10.2 Å². The fraction of sp³-hybridized carbons (Fsp3) is 0.412. The maximum atomic E-state index is 14.3. The number of carbonyl (C=O) groups is 2. The van der Waals surface area contributed by atoms with Crippen molar-refractivity contribution in [3.63, 3.8) is 0 Å². The molecule has 0 saturated heterocycles. The zero-order valence-electron chi connectivity index (χ0n) is 25.1. The normalized spacial score (nSPS) is 14.5. The van der Waals surface area contributed by atoms with E-state index in [4.69, 9.17) is 0 Å². The Morgan fingerprint density at radius 2 is 1.52 bits per heavy atom. The Morgan fingerprint density at radius 3 is 2.12 bits per heavy atom. The van der Waals surface area contributed by atoms with Crippen LogP contribution in [0.5, 0.6) is 0 Å². The molecule has 224 valence electrons. The van der Waals surface area contributed by atoms with E-state index in [1.165, 1.54) is 0 Å². The first-order chi connectivity index (χ1) is 20.0. The zero-order chi connectivity index (χ0) is 30.3. The van der Waals surface area contributed by atoms with Crippen molar-refractivity contribution in [2.24, 2.45) is 0 Å². The van der Waals surface area contributed by atoms with Gasteiger partial charge in [0.2, 0.25) is 21.8 Å². The molecule has 4 rings (SSSR count). The van der Waals surface area contributed by atoms with Gasteiger partial charge in [0.1, 0.15) is 12.6 Å². The molecule has 0 unspecified atom stereocenters. The second-order valence-corrected chi connectivity index (χ2v) is 13.6. The molecule has 2 amide bonds. The lowest BCUT2D eigenvalue weighted by molar-refractivity contribution is -0.140. The van der Waals surface area contributed by atoms with Gasteiger partial charge >= 0.3 is 0 Å². The first kappa shape index (κ1) is 31.3. The average molecular weight is 590 g/mol. The van der Waals surface area contributed by atoms with Crippen molar-refractivity contribution in [2.75, 3.05) is 17.1 Å². The lowest BCUT2D eigenvalue weighted by atomic mass is 10.0. The maximum absolute atomic E-state index is 14.3. The molecule has 3 aromatic carbocycles. The van der Waals surface area contributed by atoms with Crippen LogP contribution in [0.1, 0.15) is 67.7 Å². The molecular formula is C34H43N3O4S. The number of hydrogen-bond acceptors (Lipinski definition) is 4. The highest BCUT2D eigenvalue weighted by molar-refractivity contribution is 7.92. The summed E-state index contributed by atoms with van der Waals surface area (Å²) in [6.45, 7) is 5.89. The second kappa shape index (κ2) is 14.0. The van der Waals surface area contributed by atoms with Crippen LogP contribution >= 0.6 is 0 Å². The van der Waals surface area contributed by atoms with E-state index in [2.05, 4.69) is 19.2 Å². The number of hydrogen-bond donors (Lipinski definition) is 1. The Kier molecular flexibility index (Phi) is 10.4. The highest BCUT2D eigenvalue weighted by Crippen LogP contribution is 2.24. The molecule has 42 heavy (non-hydrogen) atoms. The van der Waals surface area contributed by atoms with Crippen LogP contribution in [0, 0.1) is 6.92 Å². The average Bonchev–Trinajstić information content (AvgIpc) is 3.47. The van der Waals surface area contributed by atoms with Crippen molar-refractivity contribution in [2.45, 2.75) is 77.4 Å². The molecule has 1 N–H and O–H groups in total. The lowest BCUT2D eigenvalue weighted by Gasteiger charge is -2.34. The Labute approximate surface area is 251 Å². The predicted molar refractivity (Wildman–Crippen MR) is 169 cm³/mol. The van der Waals surface area contributed by atoms with E-state index in [0.29, 0.717) is 12.1 Å². The fourth-order valence-electron chi connectivity index (χ4n) is 5.53. The quantitative estimate of drug-likeness (QED) is 0.299. The topological polar surface area (TPSA) is 86.8 Å². The van der Waals surface area contributed by atoms with Gasteiger partial charge in [-0.1, -0.05) is 93.4 Å². The van der Waals surface area contributed by atoms with Crippen molar-refractivity contribution in [3.8, 4) is 0 Å². The van der Waals surface area contributed by atoms with Crippen LogP contribution in [0.4, 0.5) is 5.69 Å². The molecule has 0 radical (unpaired) electrons. The first-order valence-corrected chi connectivity index (χ1v) is 16.6. The predicted octanol–water partition coefficient (Wildman–Crippen LogP) is 5.58. The third kappa shape index (κ3) is 8.22. The van der Waals surface area contributed by atoms with Gasteiger partial charge in [-0.2, -0.15) is 0 Å². The van der Waals surface area contributed by atoms with E-state index < -0.39 is 28.5 Å². The molecule has 0 heterocycles. The van der Waals surface area contributed by atoms with E-state index in [0.717, 1.165) is 58.5 Å². The second-order valence-electron chi connectivity index (χ2n) is 11.7. The van der Waals surface area contributed by atoms with E-state index in [-0.39, 0.29) is 24.4 Å². The molecule has 0 spiro atoms. The Bertz CT molecular complexity index is 1450. The van der Waals surface area contributed by atoms with Gasteiger partial charge < -0.3 is 10.2 Å². The molecule has 8 heteroatoms. The van der Waals surface area contributed by atoms with E-state index in [1.54, 1.807) is 17.0 Å².